The van der Waals surface area contributed by atoms with Gasteiger partial charge < -0.3 is 10.2 Å². The summed E-state index contributed by atoms with van der Waals surface area (Å²) in [7, 11) is 0. The van der Waals surface area contributed by atoms with Crippen molar-refractivity contribution in [1.29, 1.82) is 0 Å². The number of benzene rings is 1. The lowest BCUT2D eigenvalue weighted by Gasteiger charge is -2.26. The van der Waals surface area contributed by atoms with Crippen LogP contribution in [0.1, 0.15) is 31.4 Å². The summed E-state index contributed by atoms with van der Waals surface area (Å²) in [6, 6.07) is 13.9. The summed E-state index contributed by atoms with van der Waals surface area (Å²) in [4.78, 5) is 48.0. The number of rotatable bonds is 5. The topological polar surface area (TPSA) is 104 Å². The smallest absolute Gasteiger partial charge is 0.276 e. The Morgan fingerprint density at radius 1 is 1.03 bits per heavy atom. The van der Waals surface area contributed by atoms with Crippen molar-refractivity contribution in [2.45, 2.75) is 13.0 Å². The minimum Gasteiger partial charge on any atom is -0.343 e. The van der Waals surface area contributed by atoms with Crippen LogP contribution in [0.25, 0.3) is 0 Å². The second-order valence-corrected chi connectivity index (χ2v) is 7.76. The van der Waals surface area contributed by atoms with Gasteiger partial charge in [-0.25, -0.2) is 4.98 Å². The molecule has 30 heavy (non-hydrogen) atoms. The summed E-state index contributed by atoms with van der Waals surface area (Å²) in [6.45, 7) is 0.863. The number of hydrogen-bond donors (Lipinski definition) is 2. The highest BCUT2D eigenvalue weighted by atomic mass is 32.1. The fraction of sp³-hybridized carbons (Fsp3) is 0.190. The molecular weight excluding hydrogens is 402 g/mol. The van der Waals surface area contributed by atoms with Crippen LogP contribution in [0.4, 0.5) is 5.13 Å². The van der Waals surface area contributed by atoms with Crippen molar-refractivity contribution in [3.8, 4) is 0 Å². The van der Waals surface area contributed by atoms with E-state index in [-0.39, 0.29) is 24.3 Å². The van der Waals surface area contributed by atoms with E-state index in [0.29, 0.717) is 35.9 Å². The molecule has 8 nitrogen and oxygen atoms in total. The van der Waals surface area contributed by atoms with Gasteiger partial charge in [0.25, 0.3) is 11.8 Å². The van der Waals surface area contributed by atoms with Crippen LogP contribution in [0, 0.1) is 0 Å². The minimum atomic E-state index is -0.321. The van der Waals surface area contributed by atoms with Crippen molar-refractivity contribution in [3.63, 3.8) is 0 Å². The molecule has 0 spiro atoms. The second kappa shape index (κ2) is 8.83. The van der Waals surface area contributed by atoms with Crippen LogP contribution >= 0.6 is 11.3 Å². The van der Waals surface area contributed by atoms with Crippen LogP contribution in [0.3, 0.4) is 0 Å². The van der Waals surface area contributed by atoms with Crippen LogP contribution in [0.2, 0.25) is 0 Å². The Kier molecular flexibility index (Phi) is 5.80. The number of anilines is 1. The van der Waals surface area contributed by atoms with Crippen LogP contribution < -0.4 is 10.6 Å². The number of fused-ring (bicyclic) bond motifs is 1. The first kappa shape index (κ1) is 19.7. The summed E-state index contributed by atoms with van der Waals surface area (Å²) >= 11 is 1.35. The molecule has 3 heterocycles. The summed E-state index contributed by atoms with van der Waals surface area (Å²) < 4.78 is 0. The molecule has 3 amide bonds. The molecule has 4 rings (SSSR count). The molecule has 152 valence electrons. The zero-order valence-electron chi connectivity index (χ0n) is 16.0. The van der Waals surface area contributed by atoms with Gasteiger partial charge in [-0.15, -0.1) is 0 Å². The predicted molar refractivity (Wildman–Crippen MR) is 112 cm³/mol. The third-order valence-corrected chi connectivity index (χ3v) is 5.64. The van der Waals surface area contributed by atoms with Gasteiger partial charge in [0.15, 0.2) is 5.13 Å². The van der Waals surface area contributed by atoms with Crippen molar-refractivity contribution in [3.05, 3.63) is 76.6 Å². The SMILES string of the molecule is O=C(NCC(=O)N1CCc2nc(NC(=O)c3ccccn3)sc2C1)c1ccccc1. The lowest BCUT2D eigenvalue weighted by Crippen LogP contribution is -2.42. The van der Waals surface area contributed by atoms with Gasteiger partial charge in [0.1, 0.15) is 5.69 Å². The Balaban J connectivity index is 1.34. The molecule has 0 unspecified atom stereocenters. The van der Waals surface area contributed by atoms with E-state index < -0.39 is 0 Å². The highest BCUT2D eigenvalue weighted by Crippen LogP contribution is 2.28. The predicted octanol–water partition coefficient (Wildman–Crippen LogP) is 2.11. The first-order valence-electron chi connectivity index (χ1n) is 9.42. The average Bonchev–Trinajstić information content (AvgIpc) is 3.19. The largest absolute Gasteiger partial charge is 0.343 e. The Hall–Kier alpha value is -3.59. The number of carbonyl (C=O) groups is 3. The number of aromatic nitrogens is 2. The molecule has 0 bridgehead atoms. The summed E-state index contributed by atoms with van der Waals surface area (Å²) in [5.41, 5.74) is 1.72. The number of thiazole rings is 1. The van der Waals surface area contributed by atoms with Gasteiger partial charge in [0.2, 0.25) is 5.91 Å². The number of carbonyl (C=O) groups excluding carboxylic acids is 3. The number of hydrogen-bond acceptors (Lipinski definition) is 6. The molecule has 0 saturated carbocycles. The van der Waals surface area contributed by atoms with Crippen molar-refractivity contribution < 1.29 is 14.4 Å². The fourth-order valence-corrected chi connectivity index (χ4v) is 4.10. The van der Waals surface area contributed by atoms with Gasteiger partial charge in [-0.2, -0.15) is 0 Å². The Morgan fingerprint density at radius 2 is 1.83 bits per heavy atom. The Morgan fingerprint density at radius 3 is 2.60 bits per heavy atom. The summed E-state index contributed by atoms with van der Waals surface area (Å²) in [5.74, 6) is -0.755. The van der Waals surface area contributed by atoms with Crippen molar-refractivity contribution in [1.82, 2.24) is 20.2 Å². The normalized spacial score (nSPS) is 12.7. The van der Waals surface area contributed by atoms with E-state index in [2.05, 4.69) is 20.6 Å². The molecule has 2 aromatic heterocycles. The van der Waals surface area contributed by atoms with E-state index in [0.717, 1.165) is 10.6 Å². The van der Waals surface area contributed by atoms with E-state index in [1.54, 1.807) is 53.6 Å². The highest BCUT2D eigenvalue weighted by Gasteiger charge is 2.25. The first-order chi connectivity index (χ1) is 14.6. The van der Waals surface area contributed by atoms with Crippen molar-refractivity contribution >= 4 is 34.2 Å². The third-order valence-electron chi connectivity index (χ3n) is 4.64. The molecule has 0 saturated heterocycles. The van der Waals surface area contributed by atoms with E-state index in [1.165, 1.54) is 11.3 Å². The van der Waals surface area contributed by atoms with Gasteiger partial charge in [-0.05, 0) is 24.3 Å². The lowest BCUT2D eigenvalue weighted by atomic mass is 10.2. The van der Waals surface area contributed by atoms with E-state index in [1.807, 2.05) is 6.07 Å². The molecule has 1 aromatic carbocycles. The molecule has 2 N–H and O–H groups in total. The number of nitrogens with one attached hydrogen (secondary N) is 2. The molecule has 0 aliphatic carbocycles. The molecule has 1 aliphatic heterocycles. The van der Waals surface area contributed by atoms with Crippen LogP contribution in [-0.2, 0) is 17.8 Å². The fourth-order valence-electron chi connectivity index (χ4n) is 3.08. The standard InChI is InChI=1S/C21H19N5O3S/c27-18(12-23-19(28)14-6-2-1-3-7-14)26-11-9-15-17(13-26)30-21(24-15)25-20(29)16-8-4-5-10-22-16/h1-8,10H,9,11-13H2,(H,23,28)(H,24,25,29). The molecule has 3 aromatic rings. The molecular formula is C21H19N5O3S. The molecule has 0 atom stereocenters. The van der Waals surface area contributed by atoms with Gasteiger partial charge >= 0.3 is 0 Å². The Bertz CT molecular complexity index is 1070. The van der Waals surface area contributed by atoms with Crippen molar-refractivity contribution in [2.24, 2.45) is 0 Å². The molecule has 0 fully saturated rings. The maximum absolute atomic E-state index is 12.5. The zero-order chi connectivity index (χ0) is 20.9. The van der Waals surface area contributed by atoms with Crippen LogP contribution in [-0.4, -0.2) is 45.7 Å². The van der Waals surface area contributed by atoms with E-state index in [4.69, 9.17) is 0 Å². The molecule has 0 radical (unpaired) electrons. The molecule has 1 aliphatic rings. The quantitative estimate of drug-likeness (QED) is 0.657. The first-order valence-corrected chi connectivity index (χ1v) is 10.2. The minimum absolute atomic E-state index is 0.0644. The Labute approximate surface area is 177 Å². The number of amides is 3. The zero-order valence-corrected chi connectivity index (χ0v) is 16.8. The third kappa shape index (κ3) is 4.52. The average molecular weight is 421 g/mol. The van der Waals surface area contributed by atoms with Crippen LogP contribution in [0.5, 0.6) is 0 Å². The maximum atomic E-state index is 12.5. The van der Waals surface area contributed by atoms with E-state index in [9.17, 15) is 14.4 Å². The monoisotopic (exact) mass is 421 g/mol. The van der Waals surface area contributed by atoms with Gasteiger partial charge in [0.05, 0.1) is 18.8 Å². The van der Waals surface area contributed by atoms with Gasteiger partial charge in [-0.3, -0.25) is 24.7 Å². The summed E-state index contributed by atoms with van der Waals surface area (Å²) in [6.07, 6.45) is 2.16. The molecule has 9 heteroatoms. The van der Waals surface area contributed by atoms with E-state index >= 15 is 0 Å². The highest BCUT2D eigenvalue weighted by molar-refractivity contribution is 7.15. The van der Waals surface area contributed by atoms with Crippen molar-refractivity contribution in [2.75, 3.05) is 18.4 Å². The second-order valence-electron chi connectivity index (χ2n) is 6.67. The lowest BCUT2D eigenvalue weighted by molar-refractivity contribution is -0.130. The number of pyridine rings is 1. The van der Waals surface area contributed by atoms with Crippen LogP contribution in [0.15, 0.2) is 54.7 Å². The maximum Gasteiger partial charge on any atom is 0.276 e. The van der Waals surface area contributed by atoms with Gasteiger partial charge in [-0.1, -0.05) is 35.6 Å². The van der Waals surface area contributed by atoms with Gasteiger partial charge in [0, 0.05) is 29.6 Å². The number of nitrogens with zero attached hydrogens (tertiary/aromatic N) is 3. The summed E-state index contributed by atoms with van der Waals surface area (Å²) in [5, 5.41) is 5.91.